The number of benzene rings is 1. The molecule has 3 aromatic rings. The maximum atomic E-state index is 12.1. The van der Waals surface area contributed by atoms with Crippen LogP contribution in [0.15, 0.2) is 51.1 Å². The SMILES string of the molecule is CCn1c(N/N=C(C)/C=C/c2ccccc2)nc2c1c(=O)[nH]c(=O)n2C. The lowest BCUT2D eigenvalue weighted by Crippen LogP contribution is -2.29. The number of anilines is 1. The van der Waals surface area contributed by atoms with Crippen LogP contribution in [0, 0.1) is 0 Å². The molecule has 0 aliphatic rings. The number of fused-ring (bicyclic) bond motifs is 1. The molecule has 26 heavy (non-hydrogen) atoms. The number of nitrogens with one attached hydrogen (secondary N) is 2. The summed E-state index contributed by atoms with van der Waals surface area (Å²) < 4.78 is 2.99. The average molecular weight is 352 g/mol. The van der Waals surface area contributed by atoms with Crippen molar-refractivity contribution in [1.82, 2.24) is 19.1 Å². The maximum absolute atomic E-state index is 12.1. The van der Waals surface area contributed by atoms with Crippen LogP contribution in [0.1, 0.15) is 19.4 Å². The van der Waals surface area contributed by atoms with E-state index in [1.807, 2.05) is 56.3 Å². The van der Waals surface area contributed by atoms with E-state index in [0.29, 0.717) is 23.7 Å². The van der Waals surface area contributed by atoms with Crippen LogP contribution in [0.25, 0.3) is 17.2 Å². The number of hydrogen-bond acceptors (Lipinski definition) is 5. The molecule has 3 rings (SSSR count). The lowest BCUT2D eigenvalue weighted by molar-refractivity contribution is 0.781. The molecule has 2 aromatic heterocycles. The second-order valence-corrected chi connectivity index (χ2v) is 5.78. The number of hydrazone groups is 1. The summed E-state index contributed by atoms with van der Waals surface area (Å²) in [6, 6.07) is 9.90. The van der Waals surface area contributed by atoms with Crippen molar-refractivity contribution in [3.63, 3.8) is 0 Å². The molecule has 0 aliphatic heterocycles. The number of aromatic nitrogens is 4. The average Bonchev–Trinajstić information content (AvgIpc) is 3.03. The Balaban J connectivity index is 1.92. The van der Waals surface area contributed by atoms with E-state index in [0.717, 1.165) is 11.3 Å². The number of nitrogens with zero attached hydrogens (tertiary/aromatic N) is 4. The van der Waals surface area contributed by atoms with Gasteiger partial charge in [-0.3, -0.25) is 14.3 Å². The first-order valence-corrected chi connectivity index (χ1v) is 8.24. The van der Waals surface area contributed by atoms with Crippen molar-refractivity contribution in [2.45, 2.75) is 20.4 Å². The number of H-pyrrole nitrogens is 1. The molecular weight excluding hydrogens is 332 g/mol. The van der Waals surface area contributed by atoms with Gasteiger partial charge in [0.15, 0.2) is 11.2 Å². The molecule has 0 saturated carbocycles. The van der Waals surface area contributed by atoms with Crippen LogP contribution in [0.5, 0.6) is 0 Å². The van der Waals surface area contributed by atoms with Crippen molar-refractivity contribution < 1.29 is 0 Å². The molecule has 0 bridgehead atoms. The smallest absolute Gasteiger partial charge is 0.303 e. The van der Waals surface area contributed by atoms with E-state index in [-0.39, 0.29) is 0 Å². The van der Waals surface area contributed by atoms with Crippen LogP contribution in [-0.4, -0.2) is 24.8 Å². The molecule has 0 fully saturated rings. The van der Waals surface area contributed by atoms with Crippen molar-refractivity contribution in [3.8, 4) is 0 Å². The minimum Gasteiger partial charge on any atom is -0.303 e. The van der Waals surface area contributed by atoms with Crippen LogP contribution < -0.4 is 16.7 Å². The molecule has 2 heterocycles. The van der Waals surface area contributed by atoms with Gasteiger partial charge in [-0.2, -0.15) is 10.1 Å². The highest BCUT2D eigenvalue weighted by Gasteiger charge is 2.15. The Kier molecular flexibility index (Phi) is 4.83. The van der Waals surface area contributed by atoms with Gasteiger partial charge in [0.1, 0.15) is 0 Å². The summed E-state index contributed by atoms with van der Waals surface area (Å²) in [7, 11) is 1.56. The van der Waals surface area contributed by atoms with E-state index < -0.39 is 11.2 Å². The fraction of sp³-hybridized carbons (Fsp3) is 0.222. The van der Waals surface area contributed by atoms with Crippen LogP contribution in [0.4, 0.5) is 5.95 Å². The van der Waals surface area contributed by atoms with E-state index in [4.69, 9.17) is 0 Å². The van der Waals surface area contributed by atoms with Crippen molar-refractivity contribution in [1.29, 1.82) is 0 Å². The van der Waals surface area contributed by atoms with Gasteiger partial charge in [-0.25, -0.2) is 10.2 Å². The predicted octanol–water partition coefficient (Wildman–Crippen LogP) is 1.94. The monoisotopic (exact) mass is 352 g/mol. The summed E-state index contributed by atoms with van der Waals surface area (Å²) >= 11 is 0. The van der Waals surface area contributed by atoms with Gasteiger partial charge < -0.3 is 4.57 Å². The van der Waals surface area contributed by atoms with Gasteiger partial charge in [0.2, 0.25) is 5.95 Å². The van der Waals surface area contributed by atoms with Gasteiger partial charge in [-0.15, -0.1) is 0 Å². The minimum absolute atomic E-state index is 0.316. The fourth-order valence-corrected chi connectivity index (χ4v) is 2.58. The number of imidazole rings is 1. The third kappa shape index (κ3) is 3.34. The molecule has 0 atom stereocenters. The first-order valence-electron chi connectivity index (χ1n) is 8.24. The van der Waals surface area contributed by atoms with Crippen LogP contribution in [-0.2, 0) is 13.6 Å². The van der Waals surface area contributed by atoms with Crippen LogP contribution in [0.3, 0.4) is 0 Å². The van der Waals surface area contributed by atoms with Crippen molar-refractivity contribution in [2.24, 2.45) is 12.1 Å². The molecule has 1 aromatic carbocycles. The molecule has 0 saturated heterocycles. The van der Waals surface area contributed by atoms with Crippen molar-refractivity contribution >= 4 is 28.9 Å². The third-order valence-corrected chi connectivity index (χ3v) is 3.97. The normalized spacial score (nSPS) is 12.2. The first-order chi connectivity index (χ1) is 12.5. The summed E-state index contributed by atoms with van der Waals surface area (Å²) in [5.74, 6) is 0.404. The zero-order valence-corrected chi connectivity index (χ0v) is 14.9. The van der Waals surface area contributed by atoms with Gasteiger partial charge in [0.25, 0.3) is 5.56 Å². The van der Waals surface area contributed by atoms with E-state index >= 15 is 0 Å². The van der Waals surface area contributed by atoms with E-state index in [1.54, 1.807) is 11.6 Å². The molecule has 0 spiro atoms. The Morgan fingerprint density at radius 2 is 2.04 bits per heavy atom. The summed E-state index contributed by atoms with van der Waals surface area (Å²) in [5, 5.41) is 4.29. The van der Waals surface area contributed by atoms with Gasteiger partial charge >= 0.3 is 5.69 Å². The van der Waals surface area contributed by atoms with Crippen molar-refractivity contribution in [3.05, 3.63) is 62.8 Å². The summed E-state index contributed by atoms with van der Waals surface area (Å²) in [6.45, 7) is 4.26. The highest BCUT2D eigenvalue weighted by atomic mass is 16.2. The lowest BCUT2D eigenvalue weighted by atomic mass is 10.2. The van der Waals surface area contributed by atoms with E-state index in [9.17, 15) is 9.59 Å². The lowest BCUT2D eigenvalue weighted by Gasteiger charge is -2.04. The fourth-order valence-electron chi connectivity index (χ4n) is 2.58. The third-order valence-electron chi connectivity index (χ3n) is 3.97. The number of aromatic amines is 1. The summed E-state index contributed by atoms with van der Waals surface area (Å²) in [5.41, 5.74) is 4.39. The second kappa shape index (κ2) is 7.22. The first kappa shape index (κ1) is 17.4. The maximum Gasteiger partial charge on any atom is 0.329 e. The standard InChI is InChI=1S/C18H20N6O2/c1-4-24-14-15(23(3)18(26)20-16(14)25)19-17(24)22-21-12(2)10-11-13-8-6-5-7-9-13/h5-11H,4H2,1-3H3,(H,19,22)(H,20,25,26)/b11-10+,21-12+. The molecule has 0 radical (unpaired) electrons. The number of rotatable bonds is 5. The predicted molar refractivity (Wildman–Crippen MR) is 103 cm³/mol. The molecule has 8 nitrogen and oxygen atoms in total. The highest BCUT2D eigenvalue weighted by molar-refractivity contribution is 5.96. The van der Waals surface area contributed by atoms with Crippen LogP contribution in [0.2, 0.25) is 0 Å². The Hall–Kier alpha value is -3.42. The molecular formula is C18H20N6O2. The number of hydrogen-bond donors (Lipinski definition) is 2. The molecule has 0 amide bonds. The molecule has 0 unspecified atom stereocenters. The van der Waals surface area contributed by atoms with Gasteiger partial charge in [-0.05, 0) is 25.5 Å². The Morgan fingerprint density at radius 1 is 1.31 bits per heavy atom. The minimum atomic E-state index is -0.500. The molecule has 134 valence electrons. The Bertz CT molecular complexity index is 1100. The summed E-state index contributed by atoms with van der Waals surface area (Å²) in [4.78, 5) is 30.5. The van der Waals surface area contributed by atoms with Crippen LogP contribution >= 0.6 is 0 Å². The molecule has 2 N–H and O–H groups in total. The molecule has 8 heteroatoms. The zero-order chi connectivity index (χ0) is 18.7. The van der Waals surface area contributed by atoms with Crippen molar-refractivity contribution in [2.75, 3.05) is 5.43 Å². The summed E-state index contributed by atoms with van der Waals surface area (Å²) in [6.07, 6.45) is 3.83. The number of allylic oxidation sites excluding steroid dienone is 1. The quantitative estimate of drug-likeness (QED) is 0.542. The molecule has 0 aliphatic carbocycles. The Morgan fingerprint density at radius 3 is 2.73 bits per heavy atom. The zero-order valence-electron chi connectivity index (χ0n) is 14.9. The largest absolute Gasteiger partial charge is 0.329 e. The van der Waals surface area contributed by atoms with E-state index in [1.165, 1.54) is 4.57 Å². The van der Waals surface area contributed by atoms with E-state index in [2.05, 4.69) is 20.5 Å². The number of aryl methyl sites for hydroxylation is 2. The van der Waals surface area contributed by atoms with Gasteiger partial charge in [-0.1, -0.05) is 36.4 Å². The second-order valence-electron chi connectivity index (χ2n) is 5.78. The Labute approximate surface area is 149 Å². The van der Waals surface area contributed by atoms with Gasteiger partial charge in [0.05, 0.1) is 5.71 Å². The highest BCUT2D eigenvalue weighted by Crippen LogP contribution is 2.15. The van der Waals surface area contributed by atoms with Gasteiger partial charge in [0, 0.05) is 13.6 Å². The topological polar surface area (TPSA) is 97.1 Å².